The van der Waals surface area contributed by atoms with Crippen LogP contribution in [-0.2, 0) is 18.9 Å². The van der Waals surface area contributed by atoms with Crippen molar-refractivity contribution in [1.82, 2.24) is 19.5 Å². The van der Waals surface area contributed by atoms with E-state index < -0.39 is 17.7 Å². The molecule has 4 atom stereocenters. The number of hydrogen-bond donors (Lipinski definition) is 1. The summed E-state index contributed by atoms with van der Waals surface area (Å²) in [7, 11) is 0. The number of nitrogens with one attached hydrogen (secondary N) is 1. The minimum Gasteiger partial charge on any atom is -0.461 e. The zero-order valence-electron chi connectivity index (χ0n) is 26.6. The molecule has 1 unspecified atom stereocenters. The summed E-state index contributed by atoms with van der Waals surface area (Å²) in [6.07, 6.45) is 3.50. The van der Waals surface area contributed by atoms with Gasteiger partial charge in [-0.25, -0.2) is 14.6 Å². The van der Waals surface area contributed by atoms with Crippen molar-refractivity contribution in [3.05, 3.63) is 83.8 Å². The lowest BCUT2D eigenvalue weighted by atomic mass is 10.0. The first-order valence-electron chi connectivity index (χ1n) is 15.7. The number of carbonyl (C=O) groups excluding carboxylic acids is 2. The normalized spacial score (nSPS) is 21.5. The molecule has 0 spiro atoms. The maximum absolute atomic E-state index is 13.2. The molecule has 12 heteroatoms. The zero-order chi connectivity index (χ0) is 33.1. The third-order valence-corrected chi connectivity index (χ3v) is 8.49. The van der Waals surface area contributed by atoms with E-state index in [1.54, 1.807) is 39.2 Å². The molecule has 2 aliphatic rings. The van der Waals surface area contributed by atoms with E-state index in [9.17, 15) is 9.59 Å². The average Bonchev–Trinajstić information content (AvgIpc) is 3.60. The van der Waals surface area contributed by atoms with Crippen molar-refractivity contribution in [2.24, 2.45) is 5.92 Å². The van der Waals surface area contributed by atoms with Gasteiger partial charge in [0, 0.05) is 12.5 Å². The minimum absolute atomic E-state index is 0.0192. The highest BCUT2D eigenvalue weighted by Gasteiger charge is 2.42. The molecule has 246 valence electrons. The molecule has 2 aromatic carbocycles. The first-order valence-corrected chi connectivity index (χ1v) is 16.1. The molecule has 1 aliphatic carbocycles. The van der Waals surface area contributed by atoms with Crippen LogP contribution in [0.15, 0.2) is 73.1 Å². The number of anilines is 1. The topological polar surface area (TPSA) is 127 Å². The Labute approximate surface area is 278 Å². The van der Waals surface area contributed by atoms with Crippen LogP contribution in [0.3, 0.4) is 0 Å². The summed E-state index contributed by atoms with van der Waals surface area (Å²) >= 11 is 6.47. The smallest absolute Gasteiger partial charge is 0.414 e. The van der Waals surface area contributed by atoms with E-state index in [-0.39, 0.29) is 42.1 Å². The molecule has 6 rings (SSSR count). The predicted molar refractivity (Wildman–Crippen MR) is 177 cm³/mol. The Morgan fingerprint density at radius 2 is 1.81 bits per heavy atom. The average molecular weight is 660 g/mol. The fourth-order valence-corrected chi connectivity index (χ4v) is 6.14. The molecule has 0 bridgehead atoms. The molecule has 1 N–H and O–H groups in total. The van der Waals surface area contributed by atoms with Gasteiger partial charge in [-0.3, -0.25) is 5.32 Å². The van der Waals surface area contributed by atoms with Crippen LogP contribution >= 0.6 is 11.6 Å². The SMILES string of the molecule is C=C1[C@H](COC(=O)c2ccc(-c3ccccc3)cc2)[C@@H](OC2CCCCO2)C[C@@H]1n1cnc2c(Cl)nc(NC(=O)OC(C)(C)C)nc21. The van der Waals surface area contributed by atoms with Crippen LogP contribution in [0.4, 0.5) is 10.7 Å². The van der Waals surface area contributed by atoms with E-state index in [0.717, 1.165) is 36.0 Å². The van der Waals surface area contributed by atoms with Gasteiger partial charge in [0.2, 0.25) is 5.95 Å². The van der Waals surface area contributed by atoms with Gasteiger partial charge in [-0.2, -0.15) is 9.97 Å². The predicted octanol–water partition coefficient (Wildman–Crippen LogP) is 7.38. The molecule has 3 heterocycles. The molecule has 11 nitrogen and oxygen atoms in total. The number of rotatable bonds is 8. The zero-order valence-corrected chi connectivity index (χ0v) is 27.4. The highest BCUT2D eigenvalue weighted by molar-refractivity contribution is 6.33. The van der Waals surface area contributed by atoms with Crippen LogP contribution in [0.5, 0.6) is 0 Å². The summed E-state index contributed by atoms with van der Waals surface area (Å²) in [5.41, 5.74) is 3.39. The lowest BCUT2D eigenvalue weighted by Crippen LogP contribution is -2.32. The van der Waals surface area contributed by atoms with Gasteiger partial charge in [-0.1, -0.05) is 60.6 Å². The van der Waals surface area contributed by atoms with Gasteiger partial charge in [0.1, 0.15) is 17.7 Å². The molecule has 1 saturated heterocycles. The molecule has 1 amide bonds. The summed E-state index contributed by atoms with van der Waals surface area (Å²) in [6, 6.07) is 17.0. The summed E-state index contributed by atoms with van der Waals surface area (Å²) < 4.78 is 25.4. The van der Waals surface area contributed by atoms with Gasteiger partial charge in [-0.15, -0.1) is 0 Å². The minimum atomic E-state index is -0.707. The van der Waals surface area contributed by atoms with E-state index in [0.29, 0.717) is 29.8 Å². The summed E-state index contributed by atoms with van der Waals surface area (Å²) in [5, 5.41) is 2.63. The standard InChI is InChI=1S/C35H38ClN5O6/c1-21-25(19-45-32(42)24-15-13-23(14-16-24)22-10-6-5-7-11-22)27(46-28-12-8-9-17-44-28)18-26(21)41-20-37-29-30(36)38-33(39-31(29)41)40-34(43)47-35(2,3)4/h5-7,10-11,13-16,20,25-28H,1,8-9,12,17-19H2,2-4H3,(H,38,39,40,43)/t25-,26-,27-,28?/m0/s1. The number of amides is 1. The van der Waals surface area contributed by atoms with Gasteiger partial charge in [0.05, 0.1) is 24.0 Å². The van der Waals surface area contributed by atoms with Gasteiger partial charge in [-0.05, 0) is 75.3 Å². The number of hydrogen-bond acceptors (Lipinski definition) is 9. The van der Waals surface area contributed by atoms with E-state index in [1.165, 1.54) is 0 Å². The highest BCUT2D eigenvalue weighted by atomic mass is 35.5. The molecule has 2 fully saturated rings. The van der Waals surface area contributed by atoms with Gasteiger partial charge in [0.25, 0.3) is 0 Å². The van der Waals surface area contributed by atoms with Crippen LogP contribution < -0.4 is 5.32 Å². The summed E-state index contributed by atoms with van der Waals surface area (Å²) in [6.45, 7) is 10.4. The third kappa shape index (κ3) is 7.64. The van der Waals surface area contributed by atoms with Crippen molar-refractivity contribution in [3.8, 4) is 11.1 Å². The molecule has 0 radical (unpaired) electrons. The molecule has 47 heavy (non-hydrogen) atoms. The van der Waals surface area contributed by atoms with E-state index in [2.05, 4.69) is 26.8 Å². The number of halogens is 1. The first-order chi connectivity index (χ1) is 22.6. The van der Waals surface area contributed by atoms with Crippen LogP contribution in [-0.4, -0.2) is 62.8 Å². The van der Waals surface area contributed by atoms with E-state index in [1.807, 2.05) is 47.0 Å². The van der Waals surface area contributed by atoms with Crippen molar-refractivity contribution in [1.29, 1.82) is 0 Å². The Bertz CT molecular complexity index is 1750. The second-order valence-electron chi connectivity index (χ2n) is 12.7. The van der Waals surface area contributed by atoms with Crippen LogP contribution in [0.25, 0.3) is 22.3 Å². The lowest BCUT2D eigenvalue weighted by molar-refractivity contribution is -0.195. The second kappa shape index (κ2) is 13.8. The quantitative estimate of drug-likeness (QED) is 0.117. The number of ether oxygens (including phenoxy) is 4. The van der Waals surface area contributed by atoms with Crippen molar-refractivity contribution in [2.45, 2.75) is 70.5 Å². The third-order valence-electron chi connectivity index (χ3n) is 8.22. The Morgan fingerprint density at radius 3 is 2.51 bits per heavy atom. The Hall–Kier alpha value is -4.32. The number of imidazole rings is 1. The number of carbonyl (C=O) groups is 2. The van der Waals surface area contributed by atoms with Crippen molar-refractivity contribution >= 4 is 40.8 Å². The van der Waals surface area contributed by atoms with Crippen molar-refractivity contribution in [3.63, 3.8) is 0 Å². The van der Waals surface area contributed by atoms with Gasteiger partial charge < -0.3 is 23.5 Å². The number of esters is 1. The largest absolute Gasteiger partial charge is 0.461 e. The second-order valence-corrected chi connectivity index (χ2v) is 13.1. The van der Waals surface area contributed by atoms with Crippen LogP contribution in [0.2, 0.25) is 5.15 Å². The van der Waals surface area contributed by atoms with E-state index >= 15 is 0 Å². The Morgan fingerprint density at radius 1 is 1.06 bits per heavy atom. The summed E-state index contributed by atoms with van der Waals surface area (Å²) in [5.74, 6) is -0.777. The van der Waals surface area contributed by atoms with Crippen molar-refractivity contribution < 1.29 is 28.5 Å². The van der Waals surface area contributed by atoms with E-state index in [4.69, 9.17) is 30.5 Å². The lowest BCUT2D eigenvalue weighted by Gasteiger charge is -2.28. The molecule has 1 aliphatic heterocycles. The maximum atomic E-state index is 13.2. The van der Waals surface area contributed by atoms with Crippen LogP contribution in [0.1, 0.15) is 62.9 Å². The van der Waals surface area contributed by atoms with Gasteiger partial charge >= 0.3 is 12.1 Å². The fraction of sp³-hybridized carbons (Fsp3) is 0.400. The molecule has 2 aromatic heterocycles. The Balaban J connectivity index is 1.21. The Kier molecular flexibility index (Phi) is 9.58. The van der Waals surface area contributed by atoms with Crippen molar-refractivity contribution in [2.75, 3.05) is 18.5 Å². The highest BCUT2D eigenvalue weighted by Crippen LogP contribution is 2.43. The number of benzene rings is 2. The molecule has 4 aromatic rings. The molecular formula is C35H38ClN5O6. The monoisotopic (exact) mass is 659 g/mol. The van der Waals surface area contributed by atoms with Gasteiger partial charge in [0.15, 0.2) is 17.1 Å². The number of nitrogens with zero attached hydrogens (tertiary/aromatic N) is 4. The fourth-order valence-electron chi connectivity index (χ4n) is 5.93. The maximum Gasteiger partial charge on any atom is 0.414 e. The first kappa shape index (κ1) is 32.6. The molecule has 1 saturated carbocycles. The number of fused-ring (bicyclic) bond motifs is 1. The molecular weight excluding hydrogens is 622 g/mol. The van der Waals surface area contributed by atoms with Crippen LogP contribution in [0, 0.1) is 5.92 Å². The summed E-state index contributed by atoms with van der Waals surface area (Å²) in [4.78, 5) is 38.8. The number of aromatic nitrogens is 4.